The highest BCUT2D eigenvalue weighted by atomic mass is 32.2. The van der Waals surface area contributed by atoms with Gasteiger partial charge in [0.15, 0.2) is 5.13 Å². The molecular weight excluding hydrogens is 510 g/mol. The molecule has 12 nitrogen and oxygen atoms in total. The predicted octanol–water partition coefficient (Wildman–Crippen LogP) is 0.106. The maximum atomic E-state index is 12.8. The molecule has 3 heterocycles. The molecule has 1 unspecified atom stereocenters. The van der Waals surface area contributed by atoms with Crippen LogP contribution in [0.2, 0.25) is 0 Å². The molecule has 0 aliphatic carbocycles. The number of amides is 2. The Hall–Kier alpha value is -2.27. The summed E-state index contributed by atoms with van der Waals surface area (Å²) in [5.74, 6) is -0.497. The summed E-state index contributed by atoms with van der Waals surface area (Å²) in [6.07, 6.45) is 1.92. The van der Waals surface area contributed by atoms with E-state index < -0.39 is 29.2 Å². The van der Waals surface area contributed by atoms with Gasteiger partial charge in [0.25, 0.3) is 11.8 Å². The molecule has 33 heavy (non-hydrogen) atoms. The molecule has 2 atom stereocenters. The predicted molar refractivity (Wildman–Crippen MR) is 131 cm³/mol. The van der Waals surface area contributed by atoms with E-state index in [0.717, 1.165) is 23.0 Å². The van der Waals surface area contributed by atoms with Crippen molar-refractivity contribution in [2.24, 2.45) is 10.9 Å². The molecule has 1 aromatic heterocycles. The number of nitrogens with one attached hydrogen (secondary N) is 1. The van der Waals surface area contributed by atoms with Crippen LogP contribution in [0.4, 0.5) is 5.13 Å². The summed E-state index contributed by atoms with van der Waals surface area (Å²) in [5.41, 5.74) is 10.7. The Bertz CT molecular complexity index is 1010. The number of nitrogens with two attached hydrogens (primary N) is 2. The quantitative estimate of drug-likeness (QED) is 0.131. The van der Waals surface area contributed by atoms with E-state index in [1.807, 2.05) is 11.5 Å². The van der Waals surface area contributed by atoms with Gasteiger partial charge in [-0.2, -0.15) is 21.1 Å². The van der Waals surface area contributed by atoms with Gasteiger partial charge in [-0.3, -0.25) is 14.5 Å². The molecule has 6 N–H and O–H groups in total. The van der Waals surface area contributed by atoms with Crippen LogP contribution in [-0.4, -0.2) is 85.2 Å². The molecule has 0 aromatic carbocycles. The van der Waals surface area contributed by atoms with Gasteiger partial charge in [0.2, 0.25) is 11.5 Å². The van der Waals surface area contributed by atoms with Crippen molar-refractivity contribution < 1.29 is 24.3 Å². The van der Waals surface area contributed by atoms with Gasteiger partial charge in [0.1, 0.15) is 24.2 Å². The Kier molecular flexibility index (Phi) is 9.02. The molecule has 0 spiro atoms. The Morgan fingerprint density at radius 3 is 2.91 bits per heavy atom. The third kappa shape index (κ3) is 5.81. The van der Waals surface area contributed by atoms with Gasteiger partial charge in [-0.25, -0.2) is 4.79 Å². The lowest BCUT2D eigenvalue weighted by molar-refractivity contribution is -0.150. The number of carboxylic acid groups (broad SMARTS) is 1. The third-order valence-electron chi connectivity index (χ3n) is 4.26. The monoisotopic (exact) mass is 531 g/mol. The van der Waals surface area contributed by atoms with Crippen LogP contribution in [0.15, 0.2) is 27.2 Å². The van der Waals surface area contributed by atoms with E-state index in [4.69, 9.17) is 16.3 Å². The van der Waals surface area contributed by atoms with E-state index >= 15 is 0 Å². The minimum atomic E-state index is -1.20. The van der Waals surface area contributed by atoms with Crippen molar-refractivity contribution in [3.63, 3.8) is 0 Å². The number of carbonyl (C=O) groups is 3. The summed E-state index contributed by atoms with van der Waals surface area (Å²) in [7, 11) is 1.25. The van der Waals surface area contributed by atoms with E-state index in [9.17, 15) is 19.5 Å². The number of thioether (sulfide) groups is 3. The average molecular weight is 532 g/mol. The molecule has 2 amide bonds. The maximum Gasteiger partial charge on any atom is 0.353 e. The number of nitrogen functional groups attached to an aromatic ring is 1. The number of anilines is 1. The second-order valence-electron chi connectivity index (χ2n) is 6.37. The number of aromatic nitrogens is 2. The maximum absolute atomic E-state index is 12.8. The van der Waals surface area contributed by atoms with E-state index in [0.29, 0.717) is 17.2 Å². The van der Waals surface area contributed by atoms with Crippen LogP contribution >= 0.6 is 46.8 Å². The first-order chi connectivity index (χ1) is 15.9. The molecule has 1 aromatic rings. The van der Waals surface area contributed by atoms with Crippen LogP contribution in [0.1, 0.15) is 5.82 Å². The fraction of sp³-hybridized carbons (Fsp3) is 0.412. The van der Waals surface area contributed by atoms with Crippen molar-refractivity contribution in [2.45, 2.75) is 11.4 Å². The molecule has 2 aliphatic rings. The lowest BCUT2D eigenvalue weighted by atomic mass is 10.0. The summed E-state index contributed by atoms with van der Waals surface area (Å²) < 4.78 is 3.94. The number of carboxylic acids is 1. The van der Waals surface area contributed by atoms with Gasteiger partial charge in [0, 0.05) is 40.2 Å². The summed E-state index contributed by atoms with van der Waals surface area (Å²) in [6, 6.07) is -0.926. The zero-order valence-electron chi connectivity index (χ0n) is 17.3. The number of nitrogens with zero attached hydrogens (tertiary/aromatic N) is 4. The van der Waals surface area contributed by atoms with Crippen LogP contribution in [0, 0.1) is 0 Å². The van der Waals surface area contributed by atoms with Crippen LogP contribution in [0.3, 0.4) is 0 Å². The molecule has 16 heteroatoms. The van der Waals surface area contributed by atoms with E-state index in [1.54, 1.807) is 11.8 Å². The highest BCUT2D eigenvalue weighted by Crippen LogP contribution is 2.43. The van der Waals surface area contributed by atoms with Crippen molar-refractivity contribution in [2.75, 3.05) is 36.6 Å². The third-order valence-corrected chi connectivity index (χ3v) is 8.16. The Balaban J connectivity index is 1.69. The minimum absolute atomic E-state index is 0.0296. The van der Waals surface area contributed by atoms with Crippen LogP contribution in [0.5, 0.6) is 0 Å². The molecule has 1 saturated heterocycles. The lowest BCUT2D eigenvalue weighted by Gasteiger charge is -2.49. The van der Waals surface area contributed by atoms with Crippen molar-refractivity contribution in [1.29, 1.82) is 0 Å². The average Bonchev–Trinajstić information content (AvgIpc) is 3.22. The van der Waals surface area contributed by atoms with E-state index in [2.05, 4.69) is 19.8 Å². The lowest BCUT2D eigenvalue weighted by Crippen LogP contribution is -2.71. The summed E-state index contributed by atoms with van der Waals surface area (Å²) in [4.78, 5) is 47.8. The van der Waals surface area contributed by atoms with Crippen LogP contribution in [-0.2, 0) is 19.2 Å². The van der Waals surface area contributed by atoms with Crippen LogP contribution in [0.25, 0.3) is 0 Å². The number of fused-ring (bicyclic) bond motifs is 1. The molecule has 178 valence electrons. The van der Waals surface area contributed by atoms with E-state index in [-0.39, 0.29) is 22.4 Å². The number of hydrogen-bond acceptors (Lipinski definition) is 13. The molecular formula is C17H21N7O5S4. The minimum Gasteiger partial charge on any atom is -0.477 e. The number of carbonyl (C=O) groups excluding carboxylic acids is 2. The van der Waals surface area contributed by atoms with Crippen molar-refractivity contribution in [3.8, 4) is 0 Å². The molecule has 0 bridgehead atoms. The van der Waals surface area contributed by atoms with E-state index in [1.165, 1.54) is 35.5 Å². The summed E-state index contributed by atoms with van der Waals surface area (Å²) >= 11 is 5.19. The highest BCUT2D eigenvalue weighted by molar-refractivity contribution is 8.08. The first kappa shape index (κ1) is 25.4. The van der Waals surface area contributed by atoms with Gasteiger partial charge in [-0.15, -0.1) is 11.8 Å². The van der Waals surface area contributed by atoms with Gasteiger partial charge in [-0.1, -0.05) is 23.0 Å². The number of hydrogen-bond donors (Lipinski definition) is 4. The normalized spacial score (nSPS) is 20.6. The second kappa shape index (κ2) is 11.7. The Morgan fingerprint density at radius 2 is 2.27 bits per heavy atom. The Morgan fingerprint density at radius 1 is 1.48 bits per heavy atom. The summed E-state index contributed by atoms with van der Waals surface area (Å²) in [6.45, 7) is 0.597. The number of β-lactam (4-membered cyclic amide) rings is 1. The molecule has 0 saturated carbocycles. The van der Waals surface area contributed by atoms with Crippen LogP contribution < -0.4 is 16.8 Å². The number of oxime groups is 1. The van der Waals surface area contributed by atoms with Crippen molar-refractivity contribution >= 4 is 75.4 Å². The Labute approximate surface area is 205 Å². The first-order valence-electron chi connectivity index (χ1n) is 9.41. The number of rotatable bonds is 11. The van der Waals surface area contributed by atoms with Crippen molar-refractivity contribution in [1.82, 2.24) is 19.6 Å². The molecule has 1 fully saturated rings. The van der Waals surface area contributed by atoms with Crippen molar-refractivity contribution in [3.05, 3.63) is 27.9 Å². The largest absolute Gasteiger partial charge is 0.477 e. The van der Waals surface area contributed by atoms with Gasteiger partial charge < -0.3 is 26.7 Å². The zero-order chi connectivity index (χ0) is 24.0. The topological polar surface area (TPSA) is 186 Å². The summed E-state index contributed by atoms with van der Waals surface area (Å²) in [5, 5.41) is 17.3. The number of aliphatic carboxylic acids is 1. The fourth-order valence-electron chi connectivity index (χ4n) is 2.90. The smallest absolute Gasteiger partial charge is 0.353 e. The molecule has 0 radical (unpaired) electrons. The molecule has 2 aliphatic heterocycles. The van der Waals surface area contributed by atoms with Gasteiger partial charge in [0.05, 0.1) is 0 Å². The van der Waals surface area contributed by atoms with Gasteiger partial charge in [-0.05, 0) is 5.41 Å². The highest BCUT2D eigenvalue weighted by Gasteiger charge is 2.54. The van der Waals surface area contributed by atoms with Gasteiger partial charge >= 0.3 is 5.97 Å². The molecule has 3 rings (SSSR count). The zero-order valence-corrected chi connectivity index (χ0v) is 20.6. The SMILES string of the molecule is CO/N=C(\C(=O)NC1C(=O)N2C(C(=O)O)=C(S/C=C\CSCCN)CS[C@H]12)c1nsc(N)n1. The second-order valence-corrected chi connectivity index (χ2v) is 10.4. The fourth-order valence-corrected chi connectivity index (χ4v) is 6.35. The standard InChI is InChI=1S/C17H21N7O5S4/c1-29-22-9(12-21-17(19)33-23-12)13(25)20-10-14(26)24-11(16(27)28)8(7-32-15(10)24)31-5-2-4-30-6-3-18/h2,5,10,15H,3-4,6-7,18H2,1H3,(H,20,25)(H,27,28)(H2,19,21,23)/b5-2-,22-9-/t10?,15-/m1/s1. The first-order valence-corrected chi connectivity index (χ1v) is 13.3.